The summed E-state index contributed by atoms with van der Waals surface area (Å²) in [5.74, 6) is -0.315. The number of anilines is 4. The molecule has 0 bridgehead atoms. The van der Waals surface area contributed by atoms with Crippen LogP contribution in [0.4, 0.5) is 23.5 Å². The van der Waals surface area contributed by atoms with Gasteiger partial charge in [-0.05, 0) is 29.7 Å². The van der Waals surface area contributed by atoms with Gasteiger partial charge in [0.05, 0.1) is 11.2 Å². The maximum absolute atomic E-state index is 11.9. The molecular formula is C16H19N7O11S4. The summed E-state index contributed by atoms with van der Waals surface area (Å²) >= 11 is 0. The molecule has 3 rings (SSSR count). The maximum atomic E-state index is 11.9. The monoisotopic (exact) mass is 613 g/mol. The molecule has 0 atom stereocenters. The Morgan fingerprint density at radius 2 is 1.47 bits per heavy atom. The molecule has 0 saturated heterocycles. The van der Waals surface area contributed by atoms with Gasteiger partial charge in [0.15, 0.2) is 0 Å². The van der Waals surface area contributed by atoms with E-state index in [1.54, 1.807) is 0 Å². The van der Waals surface area contributed by atoms with Crippen LogP contribution in [0.5, 0.6) is 0 Å². The SMILES string of the molecule is CS(=O)(=O)NCCNc1nc(N)nc(Nc2cc(S(=O)(=O)O)c3cc(S(=O)(=O)O)ccc3c2)n1.O=S(=O)=O. The Morgan fingerprint density at radius 1 is 0.868 bits per heavy atom. The van der Waals surface area contributed by atoms with E-state index in [4.69, 9.17) is 18.4 Å². The van der Waals surface area contributed by atoms with Gasteiger partial charge in [0.2, 0.25) is 27.9 Å². The number of nitrogen functional groups attached to an aromatic ring is 1. The maximum Gasteiger partial charge on any atom is 0.425 e. The van der Waals surface area contributed by atoms with Crippen molar-refractivity contribution in [3.8, 4) is 0 Å². The van der Waals surface area contributed by atoms with Crippen LogP contribution >= 0.6 is 0 Å². The van der Waals surface area contributed by atoms with Gasteiger partial charge >= 0.3 is 10.6 Å². The molecule has 0 unspecified atom stereocenters. The number of hydrogen-bond donors (Lipinski definition) is 6. The minimum absolute atomic E-state index is 0.00103. The highest BCUT2D eigenvalue weighted by atomic mass is 32.2. The first-order valence-corrected chi connectivity index (χ1v) is 15.4. The minimum atomic E-state index is -4.81. The highest BCUT2D eigenvalue weighted by Crippen LogP contribution is 2.30. The molecule has 3 aromatic rings. The van der Waals surface area contributed by atoms with E-state index < -0.39 is 50.7 Å². The first-order chi connectivity index (χ1) is 17.3. The Bertz CT molecular complexity index is 1790. The van der Waals surface area contributed by atoms with Crippen LogP contribution < -0.4 is 21.1 Å². The molecule has 18 nitrogen and oxygen atoms in total. The van der Waals surface area contributed by atoms with Gasteiger partial charge < -0.3 is 16.4 Å². The Labute approximate surface area is 217 Å². The predicted octanol–water partition coefficient (Wildman–Crippen LogP) is -1.20. The number of nitrogens with two attached hydrogens (primary N) is 1. The molecule has 0 aliphatic carbocycles. The smallest absolute Gasteiger partial charge is 0.368 e. The van der Waals surface area contributed by atoms with Gasteiger partial charge in [-0.25, -0.2) is 13.1 Å². The number of nitrogens with one attached hydrogen (secondary N) is 3. The van der Waals surface area contributed by atoms with Gasteiger partial charge in [0.1, 0.15) is 4.90 Å². The Morgan fingerprint density at radius 3 is 2.03 bits per heavy atom. The summed E-state index contributed by atoms with van der Waals surface area (Å²) in [5.41, 5.74) is 5.76. The third kappa shape index (κ3) is 9.73. The lowest BCUT2D eigenvalue weighted by atomic mass is 10.1. The van der Waals surface area contributed by atoms with Crippen molar-refractivity contribution in [3.63, 3.8) is 0 Å². The van der Waals surface area contributed by atoms with Gasteiger partial charge in [0.25, 0.3) is 20.2 Å². The van der Waals surface area contributed by atoms with Crippen molar-refractivity contribution < 1.29 is 47.0 Å². The van der Waals surface area contributed by atoms with Crippen molar-refractivity contribution in [2.75, 3.05) is 35.7 Å². The molecule has 0 saturated carbocycles. The highest BCUT2D eigenvalue weighted by Gasteiger charge is 2.19. The predicted molar refractivity (Wildman–Crippen MR) is 132 cm³/mol. The van der Waals surface area contributed by atoms with Crippen molar-refractivity contribution in [1.29, 1.82) is 0 Å². The summed E-state index contributed by atoms with van der Waals surface area (Å²) in [7, 11) is -15.9. The van der Waals surface area contributed by atoms with Gasteiger partial charge in [-0.15, -0.1) is 12.6 Å². The standard InChI is InChI=1S/C16H19N7O8S3.O3S/c1-32(24,25)19-5-4-18-15-21-14(17)22-16(23-15)20-10-6-9-2-3-11(33(26,27)28)8-12(9)13(7-10)34(29,30)31;1-4(2)3/h2-3,6-8,19H,4-5H2,1H3,(H,26,27,28)(H,29,30,31)(H4,17,18,20,21,22,23);. The van der Waals surface area contributed by atoms with Crippen LogP contribution in [0.1, 0.15) is 0 Å². The fourth-order valence-corrected chi connectivity index (χ4v) is 4.53. The molecule has 0 spiro atoms. The molecule has 0 radical (unpaired) electrons. The second kappa shape index (κ2) is 11.9. The third-order valence-corrected chi connectivity index (χ3v) is 6.62. The van der Waals surface area contributed by atoms with Gasteiger partial charge in [0, 0.05) is 24.2 Å². The molecule has 22 heteroatoms. The van der Waals surface area contributed by atoms with Crippen molar-refractivity contribution in [3.05, 3.63) is 30.3 Å². The average Bonchev–Trinajstić information content (AvgIpc) is 2.73. The number of benzene rings is 2. The first-order valence-electron chi connectivity index (χ1n) is 9.62. The van der Waals surface area contributed by atoms with Gasteiger partial charge in [-0.2, -0.15) is 31.8 Å². The molecule has 7 N–H and O–H groups in total. The van der Waals surface area contributed by atoms with Crippen LogP contribution in [0.3, 0.4) is 0 Å². The number of hydrogen-bond acceptors (Lipinski definition) is 15. The summed E-state index contributed by atoms with van der Waals surface area (Å²) in [6.07, 6.45) is 1.00. The Balaban J connectivity index is 0.00000118. The summed E-state index contributed by atoms with van der Waals surface area (Å²) in [6.45, 7) is 0.163. The minimum Gasteiger partial charge on any atom is -0.368 e. The summed E-state index contributed by atoms with van der Waals surface area (Å²) in [6, 6.07) is 5.63. The topological polar surface area (TPSA) is 295 Å². The van der Waals surface area contributed by atoms with E-state index in [1.807, 2.05) is 0 Å². The first kappa shape index (κ1) is 30.7. The Hall–Kier alpha value is -3.54. The van der Waals surface area contributed by atoms with Crippen molar-refractivity contribution in [1.82, 2.24) is 19.7 Å². The zero-order valence-corrected chi connectivity index (χ0v) is 22.2. The summed E-state index contributed by atoms with van der Waals surface area (Å²) in [5, 5.41) is 5.51. The van der Waals surface area contributed by atoms with E-state index in [0.717, 1.165) is 24.5 Å². The van der Waals surface area contributed by atoms with Crippen LogP contribution in [0, 0.1) is 0 Å². The molecule has 208 valence electrons. The molecule has 0 aliphatic rings. The zero-order valence-electron chi connectivity index (χ0n) is 18.9. The van der Waals surface area contributed by atoms with Crippen LogP contribution in [0.25, 0.3) is 10.8 Å². The van der Waals surface area contributed by atoms with Crippen molar-refractivity contribution in [2.45, 2.75) is 9.79 Å². The molecule has 0 amide bonds. The van der Waals surface area contributed by atoms with E-state index >= 15 is 0 Å². The van der Waals surface area contributed by atoms with E-state index in [-0.39, 0.29) is 47.4 Å². The molecule has 2 aromatic carbocycles. The van der Waals surface area contributed by atoms with Crippen LogP contribution in [-0.4, -0.2) is 81.3 Å². The zero-order chi connectivity index (χ0) is 28.9. The molecule has 0 fully saturated rings. The fraction of sp³-hybridized carbons (Fsp3) is 0.188. The Kier molecular flexibility index (Phi) is 9.60. The summed E-state index contributed by atoms with van der Waals surface area (Å²) in [4.78, 5) is 10.6. The van der Waals surface area contributed by atoms with E-state index in [2.05, 4.69) is 30.3 Å². The highest BCUT2D eigenvalue weighted by molar-refractivity contribution is 7.88. The van der Waals surface area contributed by atoms with E-state index in [1.165, 1.54) is 12.1 Å². The van der Waals surface area contributed by atoms with Crippen molar-refractivity contribution >= 4 is 75.2 Å². The fourth-order valence-electron chi connectivity index (χ4n) is 2.82. The quantitative estimate of drug-likeness (QED) is 0.122. The molecule has 38 heavy (non-hydrogen) atoms. The summed E-state index contributed by atoms with van der Waals surface area (Å²) < 4.78 is 115. The average molecular weight is 614 g/mol. The van der Waals surface area contributed by atoms with E-state index in [0.29, 0.717) is 0 Å². The van der Waals surface area contributed by atoms with Gasteiger partial charge in [-0.1, -0.05) is 6.07 Å². The number of nitrogens with zero attached hydrogens (tertiary/aromatic N) is 3. The van der Waals surface area contributed by atoms with Crippen molar-refractivity contribution in [2.24, 2.45) is 0 Å². The number of rotatable bonds is 9. The van der Waals surface area contributed by atoms with Gasteiger partial charge in [-0.3, -0.25) is 9.11 Å². The number of sulfonamides is 1. The lowest BCUT2D eigenvalue weighted by Crippen LogP contribution is -2.28. The number of aromatic nitrogens is 3. The van der Waals surface area contributed by atoms with Crippen LogP contribution in [-0.2, 0) is 40.9 Å². The van der Waals surface area contributed by atoms with Crippen LogP contribution in [0.2, 0.25) is 0 Å². The lowest BCUT2D eigenvalue weighted by molar-refractivity contribution is 0.480. The second-order valence-corrected chi connectivity index (χ2v) is 12.1. The lowest BCUT2D eigenvalue weighted by Gasteiger charge is -2.12. The normalized spacial score (nSPS) is 11.9. The largest absolute Gasteiger partial charge is 0.425 e. The molecule has 1 heterocycles. The number of fused-ring (bicyclic) bond motifs is 1. The second-order valence-electron chi connectivity index (χ2n) is 7.07. The van der Waals surface area contributed by atoms with Crippen LogP contribution in [0.15, 0.2) is 40.1 Å². The molecule has 1 aromatic heterocycles. The molecular weight excluding hydrogens is 594 g/mol. The molecule has 0 aliphatic heterocycles. The van der Waals surface area contributed by atoms with E-state index in [9.17, 15) is 34.4 Å². The third-order valence-electron chi connectivity index (χ3n) is 4.14.